The number of ether oxygens (including phenoxy) is 2. The van der Waals surface area contributed by atoms with Crippen molar-refractivity contribution in [1.82, 2.24) is 5.32 Å². The Balaban J connectivity index is 2.17. The molecule has 0 aromatic carbocycles. The minimum absolute atomic E-state index is 0.179. The zero-order chi connectivity index (χ0) is 53.6. The molecule has 0 aliphatic carbocycles. The van der Waals surface area contributed by atoms with E-state index in [1.54, 1.807) is 6.08 Å². The van der Waals surface area contributed by atoms with Crippen molar-refractivity contribution in [3.63, 3.8) is 0 Å². The second kappa shape index (κ2) is 55.0. The van der Waals surface area contributed by atoms with Gasteiger partial charge in [0.15, 0.2) is 6.29 Å². The fourth-order valence-electron chi connectivity index (χ4n) is 10.6. The van der Waals surface area contributed by atoms with Crippen LogP contribution in [0.4, 0.5) is 0 Å². The number of unbranched alkanes of at least 4 members (excludes halogenated alkanes) is 45. The molecule has 1 fully saturated rings. The normalized spacial score (nSPS) is 19.0. The molecule has 0 saturated carbocycles. The van der Waals surface area contributed by atoms with Crippen LogP contribution in [0, 0.1) is 0 Å². The number of hydrogen-bond donors (Lipinski definition) is 6. The van der Waals surface area contributed by atoms with E-state index >= 15 is 0 Å². The quantitative estimate of drug-likeness (QED) is 0.0261. The van der Waals surface area contributed by atoms with E-state index in [4.69, 9.17) is 9.47 Å². The summed E-state index contributed by atoms with van der Waals surface area (Å²) in [4.78, 5) is 13.1. The Bertz CT molecular complexity index is 1210. The standard InChI is InChI=1S/C65H125NO8/c1-3-5-7-9-11-13-15-17-19-21-23-25-26-27-28-29-30-31-32-33-35-36-38-40-42-44-46-48-50-52-54-59(68)58(57-73-65-64(72)63(71)62(70)60(56-67)74-65)66-61(69)55-53-51-49-47-45-43-41-39-37-34-24-22-20-18-16-14-12-10-8-6-4-2/h44,46,52,54,58-60,62-65,67-68,70-72H,3-43,45,47-51,53,55-57H2,1-2H3,(H,66,69)/b46-44+,54-52+. The third-order valence-corrected chi connectivity index (χ3v) is 15.8. The fourth-order valence-corrected chi connectivity index (χ4v) is 10.6. The molecule has 0 aromatic heterocycles. The Morgan fingerprint density at radius 3 is 1.14 bits per heavy atom. The Hall–Kier alpha value is -1.33. The lowest BCUT2D eigenvalue weighted by molar-refractivity contribution is -0.302. The van der Waals surface area contributed by atoms with Crippen LogP contribution < -0.4 is 5.32 Å². The van der Waals surface area contributed by atoms with Gasteiger partial charge in [0, 0.05) is 6.42 Å². The van der Waals surface area contributed by atoms with Crippen molar-refractivity contribution in [2.24, 2.45) is 0 Å². The summed E-state index contributed by atoms with van der Waals surface area (Å²) in [6.45, 7) is 3.82. The first-order chi connectivity index (χ1) is 36.3. The molecule has 9 heteroatoms. The minimum atomic E-state index is -1.57. The number of rotatable bonds is 57. The van der Waals surface area contributed by atoms with Crippen molar-refractivity contribution < 1.29 is 39.8 Å². The van der Waals surface area contributed by atoms with Crippen LogP contribution in [0.1, 0.15) is 328 Å². The monoisotopic (exact) mass is 1050 g/mol. The van der Waals surface area contributed by atoms with Crippen LogP contribution in [0.3, 0.4) is 0 Å². The first-order valence-corrected chi connectivity index (χ1v) is 32.6. The van der Waals surface area contributed by atoms with Crippen molar-refractivity contribution >= 4 is 5.91 Å². The van der Waals surface area contributed by atoms with Gasteiger partial charge in [-0.05, 0) is 32.1 Å². The van der Waals surface area contributed by atoms with Crippen LogP contribution in [-0.4, -0.2) is 87.5 Å². The third kappa shape index (κ3) is 43.6. The first-order valence-electron chi connectivity index (χ1n) is 32.6. The van der Waals surface area contributed by atoms with E-state index in [1.807, 2.05) is 6.08 Å². The lowest BCUT2D eigenvalue weighted by Crippen LogP contribution is -2.60. The smallest absolute Gasteiger partial charge is 0.220 e. The highest BCUT2D eigenvalue weighted by Gasteiger charge is 2.44. The summed E-state index contributed by atoms with van der Waals surface area (Å²) < 4.78 is 11.3. The minimum Gasteiger partial charge on any atom is -0.394 e. The lowest BCUT2D eigenvalue weighted by atomic mass is 9.99. The number of carbonyl (C=O) groups excluding carboxylic acids is 1. The first kappa shape index (κ1) is 70.7. The summed E-state index contributed by atoms with van der Waals surface area (Å²) in [6.07, 6.45) is 64.2. The number of allylic oxidation sites excluding steroid dienone is 3. The van der Waals surface area contributed by atoms with E-state index in [0.29, 0.717) is 6.42 Å². The molecule has 438 valence electrons. The topological polar surface area (TPSA) is 149 Å². The largest absolute Gasteiger partial charge is 0.394 e. The predicted molar refractivity (Wildman–Crippen MR) is 314 cm³/mol. The molecular formula is C65H125NO8. The van der Waals surface area contributed by atoms with Gasteiger partial charge >= 0.3 is 0 Å². The maximum atomic E-state index is 13.1. The summed E-state index contributed by atoms with van der Waals surface area (Å²) in [5.41, 5.74) is 0. The number of aliphatic hydroxyl groups is 5. The Morgan fingerprint density at radius 1 is 0.446 bits per heavy atom. The van der Waals surface area contributed by atoms with Gasteiger partial charge in [-0.2, -0.15) is 0 Å². The predicted octanol–water partition coefficient (Wildman–Crippen LogP) is 16.9. The molecule has 1 aliphatic rings. The molecular weight excluding hydrogens is 923 g/mol. The highest BCUT2D eigenvalue weighted by atomic mass is 16.7. The molecule has 0 bridgehead atoms. The van der Waals surface area contributed by atoms with Crippen LogP contribution in [0.15, 0.2) is 24.3 Å². The van der Waals surface area contributed by atoms with Gasteiger partial charge in [0.05, 0.1) is 25.4 Å². The highest BCUT2D eigenvalue weighted by Crippen LogP contribution is 2.23. The molecule has 7 atom stereocenters. The lowest BCUT2D eigenvalue weighted by Gasteiger charge is -2.40. The molecule has 9 nitrogen and oxygen atoms in total. The molecule has 1 amide bonds. The van der Waals surface area contributed by atoms with E-state index in [2.05, 4.69) is 31.3 Å². The average molecular weight is 1050 g/mol. The Kier molecular flexibility index (Phi) is 52.5. The summed E-state index contributed by atoms with van der Waals surface area (Å²) in [5, 5.41) is 54.6. The molecule has 0 aromatic rings. The molecule has 0 radical (unpaired) electrons. The van der Waals surface area contributed by atoms with Crippen LogP contribution in [0.25, 0.3) is 0 Å². The zero-order valence-electron chi connectivity index (χ0n) is 48.9. The van der Waals surface area contributed by atoms with Crippen LogP contribution in [0.5, 0.6) is 0 Å². The maximum Gasteiger partial charge on any atom is 0.220 e. The van der Waals surface area contributed by atoms with E-state index in [0.717, 1.165) is 38.5 Å². The fraction of sp³-hybridized carbons (Fsp3) is 0.923. The summed E-state index contributed by atoms with van der Waals surface area (Å²) >= 11 is 0. The number of nitrogens with one attached hydrogen (secondary N) is 1. The van der Waals surface area contributed by atoms with Crippen LogP contribution in [0.2, 0.25) is 0 Å². The van der Waals surface area contributed by atoms with Gasteiger partial charge in [-0.1, -0.05) is 314 Å². The van der Waals surface area contributed by atoms with Gasteiger partial charge < -0.3 is 40.3 Å². The van der Waals surface area contributed by atoms with Gasteiger partial charge in [0.1, 0.15) is 24.4 Å². The van der Waals surface area contributed by atoms with Crippen molar-refractivity contribution in [2.75, 3.05) is 13.2 Å². The molecule has 6 N–H and O–H groups in total. The molecule has 1 rings (SSSR count). The van der Waals surface area contributed by atoms with Gasteiger partial charge in [-0.15, -0.1) is 0 Å². The summed E-state index contributed by atoms with van der Waals surface area (Å²) in [6, 6.07) is -0.819. The Morgan fingerprint density at radius 2 is 0.770 bits per heavy atom. The van der Waals surface area contributed by atoms with Crippen LogP contribution in [-0.2, 0) is 14.3 Å². The molecule has 7 unspecified atom stereocenters. The molecule has 1 heterocycles. The van der Waals surface area contributed by atoms with Crippen molar-refractivity contribution in [1.29, 1.82) is 0 Å². The van der Waals surface area contributed by atoms with Gasteiger partial charge in [0.2, 0.25) is 5.91 Å². The molecule has 0 spiro atoms. The average Bonchev–Trinajstić information content (AvgIpc) is 3.40. The third-order valence-electron chi connectivity index (χ3n) is 15.8. The van der Waals surface area contributed by atoms with E-state index < -0.39 is 49.5 Å². The maximum absolute atomic E-state index is 13.1. The summed E-state index contributed by atoms with van der Waals surface area (Å²) in [5.74, 6) is -0.179. The number of amides is 1. The Labute approximate surface area is 458 Å². The second-order valence-corrected chi connectivity index (χ2v) is 22.9. The molecule has 1 aliphatic heterocycles. The summed E-state index contributed by atoms with van der Waals surface area (Å²) in [7, 11) is 0. The van der Waals surface area contributed by atoms with Crippen molar-refractivity contribution in [3.8, 4) is 0 Å². The van der Waals surface area contributed by atoms with Crippen LogP contribution >= 0.6 is 0 Å². The number of carbonyl (C=O) groups is 1. The van der Waals surface area contributed by atoms with E-state index in [-0.39, 0.29) is 12.5 Å². The van der Waals surface area contributed by atoms with Gasteiger partial charge in [-0.3, -0.25) is 4.79 Å². The second-order valence-electron chi connectivity index (χ2n) is 22.9. The van der Waals surface area contributed by atoms with Crippen molar-refractivity contribution in [3.05, 3.63) is 24.3 Å². The van der Waals surface area contributed by atoms with Gasteiger partial charge in [0.25, 0.3) is 0 Å². The zero-order valence-corrected chi connectivity index (χ0v) is 48.9. The number of aliphatic hydroxyl groups excluding tert-OH is 5. The molecule has 1 saturated heterocycles. The van der Waals surface area contributed by atoms with E-state index in [1.165, 1.54) is 270 Å². The van der Waals surface area contributed by atoms with Crippen molar-refractivity contribution in [2.45, 2.75) is 371 Å². The molecule has 74 heavy (non-hydrogen) atoms. The van der Waals surface area contributed by atoms with E-state index in [9.17, 15) is 30.3 Å². The van der Waals surface area contributed by atoms with Gasteiger partial charge in [-0.25, -0.2) is 0 Å². The number of hydrogen-bond acceptors (Lipinski definition) is 8. The highest BCUT2D eigenvalue weighted by molar-refractivity contribution is 5.76. The SMILES string of the molecule is CCCCCCCCCCCCCCCCCCCCCCCCCC/C=C/CC/C=C/C(O)C(COC1OC(CO)C(O)C(O)C1O)NC(=O)CCCCCCCCCCCCCCCCCCCCCCC.